The highest BCUT2D eigenvalue weighted by atomic mass is 15.3. The highest BCUT2D eigenvalue weighted by molar-refractivity contribution is 5.64. The van der Waals surface area contributed by atoms with Crippen molar-refractivity contribution in [1.82, 2.24) is 19.9 Å². The fourth-order valence-corrected chi connectivity index (χ4v) is 2.49. The average Bonchev–Trinajstić information content (AvgIpc) is 2.47. The molecule has 2 aromatic rings. The van der Waals surface area contributed by atoms with Gasteiger partial charge in [0.1, 0.15) is 5.82 Å². The normalized spacial score (nSPS) is 16.2. The lowest BCUT2D eigenvalue weighted by atomic mass is 10.1. The second kappa shape index (κ2) is 5.65. The van der Waals surface area contributed by atoms with Crippen molar-refractivity contribution in [2.75, 3.05) is 43.9 Å². The van der Waals surface area contributed by atoms with E-state index in [0.717, 1.165) is 48.8 Å². The Balaban J connectivity index is 1.93. The fraction of sp³-hybridized carbons (Fsp3) is 0.400. The van der Waals surface area contributed by atoms with Crippen LogP contribution in [0.2, 0.25) is 0 Å². The summed E-state index contributed by atoms with van der Waals surface area (Å²) in [5.74, 6) is 1.20. The number of hydrogen-bond donors (Lipinski definition) is 1. The van der Waals surface area contributed by atoms with Gasteiger partial charge in [-0.1, -0.05) is 0 Å². The van der Waals surface area contributed by atoms with Crippen molar-refractivity contribution in [3.8, 4) is 11.3 Å². The molecule has 6 nitrogen and oxygen atoms in total. The van der Waals surface area contributed by atoms with Gasteiger partial charge in [-0.25, -0.2) is 4.98 Å². The predicted molar refractivity (Wildman–Crippen MR) is 84.1 cm³/mol. The quantitative estimate of drug-likeness (QED) is 0.893. The Morgan fingerprint density at radius 1 is 1.05 bits per heavy atom. The van der Waals surface area contributed by atoms with Crippen molar-refractivity contribution in [2.45, 2.75) is 6.92 Å². The molecule has 6 heteroatoms. The molecule has 1 saturated heterocycles. The van der Waals surface area contributed by atoms with Gasteiger partial charge in [-0.3, -0.25) is 4.98 Å². The van der Waals surface area contributed by atoms with Gasteiger partial charge in [-0.2, -0.15) is 4.98 Å². The van der Waals surface area contributed by atoms with Crippen molar-refractivity contribution in [3.05, 3.63) is 30.1 Å². The van der Waals surface area contributed by atoms with Crippen LogP contribution >= 0.6 is 0 Å². The molecular formula is C15H20N6. The van der Waals surface area contributed by atoms with Gasteiger partial charge >= 0.3 is 0 Å². The molecule has 0 radical (unpaired) electrons. The summed E-state index contributed by atoms with van der Waals surface area (Å²) >= 11 is 0. The summed E-state index contributed by atoms with van der Waals surface area (Å²) in [6, 6.07) is 4.06. The smallest absolute Gasteiger partial charge is 0.222 e. The number of likely N-dealkylation sites (N-methyl/N-ethyl adjacent to an activating group) is 1. The van der Waals surface area contributed by atoms with E-state index in [1.807, 2.05) is 25.4 Å². The van der Waals surface area contributed by atoms with Gasteiger partial charge in [0.2, 0.25) is 5.95 Å². The second-order valence-corrected chi connectivity index (χ2v) is 5.51. The second-order valence-electron chi connectivity index (χ2n) is 5.51. The van der Waals surface area contributed by atoms with Crippen LogP contribution in [-0.2, 0) is 0 Å². The Kier molecular flexibility index (Phi) is 3.70. The Morgan fingerprint density at radius 2 is 1.81 bits per heavy atom. The number of nitrogens with zero attached hydrogens (tertiary/aromatic N) is 5. The highest BCUT2D eigenvalue weighted by Gasteiger charge is 2.17. The van der Waals surface area contributed by atoms with Gasteiger partial charge in [0, 0.05) is 50.2 Å². The molecule has 3 heterocycles. The molecule has 2 aromatic heterocycles. The number of aromatic nitrogens is 3. The average molecular weight is 284 g/mol. The van der Waals surface area contributed by atoms with E-state index in [0.29, 0.717) is 5.95 Å². The van der Waals surface area contributed by atoms with E-state index in [4.69, 9.17) is 5.73 Å². The van der Waals surface area contributed by atoms with Crippen LogP contribution in [0.15, 0.2) is 24.5 Å². The lowest BCUT2D eigenvalue weighted by Crippen LogP contribution is -2.44. The van der Waals surface area contributed by atoms with Crippen LogP contribution in [0.1, 0.15) is 5.56 Å². The van der Waals surface area contributed by atoms with E-state index in [9.17, 15) is 0 Å². The lowest BCUT2D eigenvalue weighted by Gasteiger charge is -2.33. The third-order valence-corrected chi connectivity index (χ3v) is 3.73. The van der Waals surface area contributed by atoms with Crippen LogP contribution < -0.4 is 10.6 Å². The van der Waals surface area contributed by atoms with Gasteiger partial charge in [0.25, 0.3) is 0 Å². The number of anilines is 2. The first-order chi connectivity index (χ1) is 10.1. The molecule has 21 heavy (non-hydrogen) atoms. The van der Waals surface area contributed by atoms with Crippen LogP contribution in [0.25, 0.3) is 11.3 Å². The Labute approximate surface area is 124 Å². The molecule has 1 aliphatic rings. The molecule has 1 aliphatic heterocycles. The molecule has 0 amide bonds. The standard InChI is InChI=1S/C15H20N6/c1-11-7-12(10-17-9-11)13-8-14(19-15(16)18-13)21-5-3-20(2)4-6-21/h7-10H,3-6H2,1-2H3,(H2,16,18,19). The highest BCUT2D eigenvalue weighted by Crippen LogP contribution is 2.23. The fourth-order valence-electron chi connectivity index (χ4n) is 2.49. The minimum atomic E-state index is 0.308. The third-order valence-electron chi connectivity index (χ3n) is 3.73. The molecule has 0 saturated carbocycles. The summed E-state index contributed by atoms with van der Waals surface area (Å²) in [4.78, 5) is 17.5. The first kappa shape index (κ1) is 13.8. The first-order valence-corrected chi connectivity index (χ1v) is 7.12. The Hall–Kier alpha value is -2.21. The van der Waals surface area contributed by atoms with Crippen molar-refractivity contribution in [1.29, 1.82) is 0 Å². The van der Waals surface area contributed by atoms with Gasteiger partial charge in [-0.05, 0) is 25.6 Å². The van der Waals surface area contributed by atoms with Crippen LogP contribution in [0.4, 0.5) is 11.8 Å². The molecular weight excluding hydrogens is 264 g/mol. The molecule has 0 atom stereocenters. The van der Waals surface area contributed by atoms with Crippen molar-refractivity contribution >= 4 is 11.8 Å². The van der Waals surface area contributed by atoms with Crippen molar-refractivity contribution in [3.63, 3.8) is 0 Å². The molecule has 2 N–H and O–H groups in total. The third kappa shape index (κ3) is 3.11. The number of nitrogen functional groups attached to an aromatic ring is 1. The van der Waals surface area contributed by atoms with Crippen LogP contribution in [-0.4, -0.2) is 53.1 Å². The molecule has 0 spiro atoms. The van der Waals surface area contributed by atoms with Gasteiger partial charge in [-0.15, -0.1) is 0 Å². The molecule has 0 aromatic carbocycles. The summed E-state index contributed by atoms with van der Waals surface area (Å²) in [7, 11) is 2.13. The van der Waals surface area contributed by atoms with E-state index in [-0.39, 0.29) is 0 Å². The maximum absolute atomic E-state index is 5.89. The Bertz CT molecular complexity index is 634. The molecule has 0 aliphatic carbocycles. The summed E-state index contributed by atoms with van der Waals surface area (Å²) in [5, 5.41) is 0. The van der Waals surface area contributed by atoms with E-state index in [1.165, 1.54) is 0 Å². The van der Waals surface area contributed by atoms with Crippen molar-refractivity contribution < 1.29 is 0 Å². The summed E-state index contributed by atoms with van der Waals surface area (Å²) in [6.45, 7) is 6.00. The minimum Gasteiger partial charge on any atom is -0.368 e. The maximum atomic E-state index is 5.89. The molecule has 0 bridgehead atoms. The number of piperazine rings is 1. The van der Waals surface area contributed by atoms with Crippen LogP contribution in [0.5, 0.6) is 0 Å². The van der Waals surface area contributed by atoms with Gasteiger partial charge < -0.3 is 15.5 Å². The van der Waals surface area contributed by atoms with Crippen LogP contribution in [0.3, 0.4) is 0 Å². The monoisotopic (exact) mass is 284 g/mol. The number of pyridine rings is 1. The van der Waals surface area contributed by atoms with Gasteiger partial charge in [0.05, 0.1) is 5.69 Å². The minimum absolute atomic E-state index is 0.308. The lowest BCUT2D eigenvalue weighted by molar-refractivity contribution is 0.312. The van der Waals surface area contributed by atoms with Crippen LogP contribution in [0, 0.1) is 6.92 Å². The maximum Gasteiger partial charge on any atom is 0.222 e. The molecule has 3 rings (SSSR count). The Morgan fingerprint density at radius 3 is 2.52 bits per heavy atom. The van der Waals surface area contributed by atoms with E-state index in [2.05, 4.69) is 37.9 Å². The largest absolute Gasteiger partial charge is 0.368 e. The molecule has 1 fully saturated rings. The van der Waals surface area contributed by atoms with E-state index < -0.39 is 0 Å². The number of nitrogens with two attached hydrogens (primary N) is 1. The zero-order valence-corrected chi connectivity index (χ0v) is 12.5. The summed E-state index contributed by atoms with van der Waals surface area (Å²) in [5.41, 5.74) is 8.79. The topological polar surface area (TPSA) is 71.2 Å². The van der Waals surface area contributed by atoms with Crippen molar-refractivity contribution in [2.24, 2.45) is 0 Å². The number of aryl methyl sites for hydroxylation is 1. The predicted octanol–water partition coefficient (Wildman–Crippen LogP) is 1.18. The van der Waals surface area contributed by atoms with E-state index >= 15 is 0 Å². The number of hydrogen-bond acceptors (Lipinski definition) is 6. The summed E-state index contributed by atoms with van der Waals surface area (Å²) < 4.78 is 0. The number of rotatable bonds is 2. The first-order valence-electron chi connectivity index (χ1n) is 7.12. The summed E-state index contributed by atoms with van der Waals surface area (Å²) in [6.07, 6.45) is 3.64. The molecule has 110 valence electrons. The SMILES string of the molecule is Cc1cncc(-c2cc(N3CCN(C)CC3)nc(N)n2)c1. The molecule has 0 unspecified atom stereocenters. The van der Waals surface area contributed by atoms with E-state index in [1.54, 1.807) is 0 Å². The van der Waals surface area contributed by atoms with Gasteiger partial charge in [0.15, 0.2) is 0 Å². The zero-order chi connectivity index (χ0) is 14.8. The zero-order valence-electron chi connectivity index (χ0n) is 12.5.